The van der Waals surface area contributed by atoms with Crippen LogP contribution < -0.4 is 10.1 Å². The van der Waals surface area contributed by atoms with Crippen molar-refractivity contribution in [3.63, 3.8) is 0 Å². The van der Waals surface area contributed by atoms with E-state index in [0.717, 1.165) is 30.9 Å². The molecule has 2 fully saturated rings. The van der Waals surface area contributed by atoms with Gasteiger partial charge in [0.2, 0.25) is 5.91 Å². The van der Waals surface area contributed by atoms with Crippen LogP contribution in [0, 0.1) is 18.3 Å². The number of likely N-dealkylation sites (tertiary alicyclic amines) is 2. The van der Waals surface area contributed by atoms with Crippen molar-refractivity contribution in [2.75, 3.05) is 40.3 Å². The molecule has 0 bridgehead atoms. The number of ether oxygens (including phenoxy) is 1. The number of nitrogens with one attached hydrogen (secondary N) is 1. The molecule has 2 aliphatic rings. The number of hydrogen-bond donors (Lipinski definition) is 1. The Hall–Kier alpha value is -2.86. The first-order chi connectivity index (χ1) is 14.5. The van der Waals surface area contributed by atoms with Crippen LogP contribution in [0.5, 0.6) is 5.75 Å². The molecule has 2 aliphatic heterocycles. The van der Waals surface area contributed by atoms with E-state index in [1.165, 1.54) is 5.56 Å². The Kier molecular flexibility index (Phi) is 5.52. The minimum Gasteiger partial charge on any atom is -0.497 e. The second kappa shape index (κ2) is 8.11. The Bertz CT molecular complexity index is 938. The summed E-state index contributed by atoms with van der Waals surface area (Å²) in [6.07, 6.45) is 0. The first-order valence-electron chi connectivity index (χ1n) is 10.4. The maximum Gasteiger partial charge on any atom is 0.254 e. The molecular formula is C24H29N3O3. The average Bonchev–Trinajstić information content (AvgIpc) is 3.11. The van der Waals surface area contributed by atoms with Gasteiger partial charge in [0, 0.05) is 50.7 Å². The van der Waals surface area contributed by atoms with E-state index in [4.69, 9.17) is 4.74 Å². The van der Waals surface area contributed by atoms with Gasteiger partial charge in [0.15, 0.2) is 0 Å². The van der Waals surface area contributed by atoms with Gasteiger partial charge < -0.3 is 15.0 Å². The Morgan fingerprint density at radius 1 is 1.13 bits per heavy atom. The summed E-state index contributed by atoms with van der Waals surface area (Å²) >= 11 is 0. The smallest absolute Gasteiger partial charge is 0.254 e. The van der Waals surface area contributed by atoms with Crippen LogP contribution in [0.3, 0.4) is 0 Å². The van der Waals surface area contributed by atoms with Crippen molar-refractivity contribution in [2.24, 2.45) is 11.3 Å². The molecule has 2 aromatic rings. The highest BCUT2D eigenvalue weighted by Gasteiger charge is 2.57. The van der Waals surface area contributed by atoms with E-state index in [0.29, 0.717) is 18.7 Å². The molecule has 2 heterocycles. The molecule has 1 spiro atoms. The summed E-state index contributed by atoms with van der Waals surface area (Å²) in [5, 5.41) is 2.83. The van der Waals surface area contributed by atoms with Gasteiger partial charge in [-0.15, -0.1) is 0 Å². The van der Waals surface area contributed by atoms with E-state index in [1.54, 1.807) is 14.2 Å². The molecule has 2 aromatic carbocycles. The third-order valence-electron chi connectivity index (χ3n) is 6.49. The minimum absolute atomic E-state index is 0.0259. The molecule has 0 saturated carbocycles. The molecule has 0 radical (unpaired) electrons. The first kappa shape index (κ1) is 20.4. The Morgan fingerprint density at radius 3 is 2.50 bits per heavy atom. The molecule has 0 aromatic heterocycles. The first-order valence-corrected chi connectivity index (χ1v) is 10.4. The normalized spacial score (nSPS) is 20.1. The van der Waals surface area contributed by atoms with Crippen molar-refractivity contribution >= 4 is 11.8 Å². The second-order valence-corrected chi connectivity index (χ2v) is 8.53. The van der Waals surface area contributed by atoms with Crippen LogP contribution in [0.4, 0.5) is 0 Å². The molecular weight excluding hydrogens is 378 g/mol. The third kappa shape index (κ3) is 3.67. The lowest BCUT2D eigenvalue weighted by atomic mass is 9.71. The highest BCUT2D eigenvalue weighted by atomic mass is 16.5. The lowest BCUT2D eigenvalue weighted by Gasteiger charge is -2.50. The van der Waals surface area contributed by atoms with Gasteiger partial charge in [0.25, 0.3) is 5.91 Å². The quantitative estimate of drug-likeness (QED) is 0.826. The van der Waals surface area contributed by atoms with Crippen molar-refractivity contribution in [3.05, 3.63) is 65.2 Å². The van der Waals surface area contributed by atoms with Crippen LogP contribution >= 0.6 is 0 Å². The molecule has 158 valence electrons. The zero-order valence-corrected chi connectivity index (χ0v) is 17.9. The number of benzene rings is 2. The second-order valence-electron chi connectivity index (χ2n) is 8.53. The van der Waals surface area contributed by atoms with Gasteiger partial charge >= 0.3 is 0 Å². The number of rotatable bonds is 5. The Morgan fingerprint density at radius 2 is 1.87 bits per heavy atom. The van der Waals surface area contributed by atoms with Crippen molar-refractivity contribution in [1.29, 1.82) is 0 Å². The number of carbonyl (C=O) groups excluding carboxylic acids is 2. The van der Waals surface area contributed by atoms with Gasteiger partial charge in [-0.3, -0.25) is 14.5 Å². The van der Waals surface area contributed by atoms with Crippen molar-refractivity contribution in [3.8, 4) is 5.75 Å². The molecule has 2 saturated heterocycles. The molecule has 1 atom stereocenters. The van der Waals surface area contributed by atoms with Crippen LogP contribution in [-0.4, -0.2) is 62.0 Å². The van der Waals surface area contributed by atoms with Crippen LogP contribution in [0.1, 0.15) is 21.5 Å². The van der Waals surface area contributed by atoms with Gasteiger partial charge in [0.05, 0.1) is 13.0 Å². The monoisotopic (exact) mass is 407 g/mol. The third-order valence-corrected chi connectivity index (χ3v) is 6.49. The lowest BCUT2D eigenvalue weighted by molar-refractivity contribution is -0.130. The topological polar surface area (TPSA) is 61.9 Å². The summed E-state index contributed by atoms with van der Waals surface area (Å²) < 4.78 is 5.25. The summed E-state index contributed by atoms with van der Waals surface area (Å²) in [4.78, 5) is 29.9. The molecule has 4 rings (SSSR count). The van der Waals surface area contributed by atoms with Gasteiger partial charge in [-0.1, -0.05) is 30.3 Å². The van der Waals surface area contributed by atoms with E-state index < -0.39 is 0 Å². The highest BCUT2D eigenvalue weighted by Crippen LogP contribution is 2.45. The Balaban J connectivity index is 1.48. The predicted molar refractivity (Wildman–Crippen MR) is 115 cm³/mol. The maximum absolute atomic E-state index is 13.1. The number of carbonyl (C=O) groups is 2. The molecule has 2 amide bonds. The van der Waals surface area contributed by atoms with Gasteiger partial charge in [-0.05, 0) is 36.2 Å². The minimum atomic E-state index is -0.176. The lowest BCUT2D eigenvalue weighted by Crippen LogP contribution is -2.64. The van der Waals surface area contributed by atoms with Crippen molar-refractivity contribution < 1.29 is 14.3 Å². The molecule has 0 aliphatic carbocycles. The predicted octanol–water partition coefficient (Wildman–Crippen LogP) is 2.32. The summed E-state index contributed by atoms with van der Waals surface area (Å²) in [7, 11) is 3.31. The summed E-state index contributed by atoms with van der Waals surface area (Å²) in [5.74, 6) is 0.736. The van der Waals surface area contributed by atoms with Gasteiger partial charge in [-0.25, -0.2) is 0 Å². The fourth-order valence-corrected chi connectivity index (χ4v) is 4.92. The van der Waals surface area contributed by atoms with E-state index >= 15 is 0 Å². The van der Waals surface area contributed by atoms with E-state index in [2.05, 4.69) is 22.3 Å². The fourth-order valence-electron chi connectivity index (χ4n) is 4.92. The van der Waals surface area contributed by atoms with Crippen LogP contribution in [0.25, 0.3) is 0 Å². The SMILES string of the molecule is CNC(=O)C1CN(Cc2ccccc2)CC12CN(C(=O)c1ccc(OC)cc1C)C2. The van der Waals surface area contributed by atoms with E-state index in [9.17, 15) is 9.59 Å². The van der Waals surface area contributed by atoms with Gasteiger partial charge in [-0.2, -0.15) is 0 Å². The van der Waals surface area contributed by atoms with Crippen molar-refractivity contribution in [2.45, 2.75) is 13.5 Å². The Labute approximate surface area is 177 Å². The number of nitrogens with zero attached hydrogens (tertiary/aromatic N) is 2. The molecule has 1 N–H and O–H groups in total. The zero-order valence-electron chi connectivity index (χ0n) is 17.9. The average molecular weight is 408 g/mol. The van der Waals surface area contributed by atoms with Crippen LogP contribution in [-0.2, 0) is 11.3 Å². The molecule has 30 heavy (non-hydrogen) atoms. The summed E-state index contributed by atoms with van der Waals surface area (Å²) in [5.41, 5.74) is 2.66. The highest BCUT2D eigenvalue weighted by molar-refractivity contribution is 5.96. The molecule has 1 unspecified atom stereocenters. The number of amides is 2. The molecule has 6 heteroatoms. The number of hydrogen-bond acceptors (Lipinski definition) is 4. The number of methoxy groups -OCH3 is 1. The molecule has 6 nitrogen and oxygen atoms in total. The van der Waals surface area contributed by atoms with E-state index in [1.807, 2.05) is 48.2 Å². The van der Waals surface area contributed by atoms with Gasteiger partial charge in [0.1, 0.15) is 5.75 Å². The van der Waals surface area contributed by atoms with E-state index in [-0.39, 0.29) is 23.1 Å². The largest absolute Gasteiger partial charge is 0.497 e. The summed E-state index contributed by atoms with van der Waals surface area (Å²) in [6, 6.07) is 15.9. The maximum atomic E-state index is 13.1. The van der Waals surface area contributed by atoms with Crippen LogP contribution in [0.2, 0.25) is 0 Å². The van der Waals surface area contributed by atoms with Crippen LogP contribution in [0.15, 0.2) is 48.5 Å². The number of aryl methyl sites for hydroxylation is 1. The van der Waals surface area contributed by atoms with Crippen molar-refractivity contribution in [1.82, 2.24) is 15.1 Å². The summed E-state index contributed by atoms with van der Waals surface area (Å²) in [6.45, 7) is 5.52. The zero-order chi connectivity index (χ0) is 21.3. The standard InChI is InChI=1S/C24H29N3O3/c1-17-11-19(30-3)9-10-20(17)23(29)27-15-24(16-27)14-26(13-21(24)22(28)25-2)12-18-7-5-4-6-8-18/h4-11,21H,12-16H2,1-3H3,(H,25,28). The fraction of sp³-hybridized carbons (Fsp3) is 0.417.